The topological polar surface area (TPSA) is 116 Å². The molecule has 0 unspecified atom stereocenters. The molecule has 3 aromatic heterocycles. The summed E-state index contributed by atoms with van der Waals surface area (Å²) in [6.45, 7) is 5.59. The third-order valence-corrected chi connectivity index (χ3v) is 5.60. The lowest BCUT2D eigenvalue weighted by molar-refractivity contribution is -0.120. The van der Waals surface area contributed by atoms with Crippen molar-refractivity contribution in [3.63, 3.8) is 0 Å². The highest BCUT2D eigenvalue weighted by molar-refractivity contribution is 7.18. The van der Waals surface area contributed by atoms with Crippen molar-refractivity contribution in [1.82, 2.24) is 25.4 Å². The van der Waals surface area contributed by atoms with E-state index in [9.17, 15) is 9.59 Å². The lowest BCUT2D eigenvalue weighted by atomic mass is 10.2. The van der Waals surface area contributed by atoms with Gasteiger partial charge in [0.25, 0.3) is 5.56 Å². The van der Waals surface area contributed by atoms with Crippen molar-refractivity contribution in [3.05, 3.63) is 56.7 Å². The highest BCUT2D eigenvalue weighted by atomic mass is 32.1. The second kappa shape index (κ2) is 7.01. The van der Waals surface area contributed by atoms with Crippen LogP contribution in [-0.4, -0.2) is 31.6 Å². The number of nitrogens with zero attached hydrogens (tertiary/aromatic N) is 3. The number of para-hydroxylation sites is 2. The Hall–Kier alpha value is -3.33. The average molecular weight is 394 g/mol. The summed E-state index contributed by atoms with van der Waals surface area (Å²) in [5, 5.41) is 4.68. The van der Waals surface area contributed by atoms with E-state index >= 15 is 0 Å². The normalized spacial score (nSPS) is 12.0. The van der Waals surface area contributed by atoms with Gasteiger partial charge in [-0.15, -0.1) is 11.3 Å². The zero-order chi connectivity index (χ0) is 19.8. The summed E-state index contributed by atoms with van der Waals surface area (Å²) in [7, 11) is 0. The minimum absolute atomic E-state index is 0.0713. The Labute approximate surface area is 163 Å². The fourth-order valence-corrected chi connectivity index (χ4v) is 3.95. The number of benzene rings is 1. The van der Waals surface area contributed by atoms with Gasteiger partial charge in [-0.25, -0.2) is 15.4 Å². The van der Waals surface area contributed by atoms with Crippen molar-refractivity contribution < 1.29 is 4.79 Å². The molecule has 0 aliphatic rings. The van der Waals surface area contributed by atoms with E-state index in [4.69, 9.17) is 0 Å². The van der Waals surface area contributed by atoms with Crippen LogP contribution in [0.2, 0.25) is 0 Å². The maximum absolute atomic E-state index is 12.3. The Kier molecular flexibility index (Phi) is 4.52. The number of aromatic nitrogens is 4. The van der Waals surface area contributed by atoms with Crippen LogP contribution >= 0.6 is 11.3 Å². The molecule has 0 saturated carbocycles. The van der Waals surface area contributed by atoms with Gasteiger partial charge in [0.1, 0.15) is 16.4 Å². The standard InChI is InChI=1S/C19H18N6O2S/c1-9-11(3)28-19-16(9)18(27)22-14(23-19)8-15(26)25-24-10(2)17-20-12-6-4-5-7-13(12)21-17/h4-7H,8H2,1-3H3,(H,20,21)(H,25,26)(H,22,23,27)/b24-10+. The van der Waals surface area contributed by atoms with Gasteiger partial charge in [-0.1, -0.05) is 12.1 Å². The van der Waals surface area contributed by atoms with Crippen LogP contribution in [0.5, 0.6) is 0 Å². The van der Waals surface area contributed by atoms with Crippen molar-refractivity contribution >= 4 is 44.2 Å². The maximum Gasteiger partial charge on any atom is 0.259 e. The Balaban J connectivity index is 1.50. The van der Waals surface area contributed by atoms with E-state index in [-0.39, 0.29) is 17.9 Å². The van der Waals surface area contributed by atoms with Crippen molar-refractivity contribution in [2.45, 2.75) is 27.2 Å². The summed E-state index contributed by atoms with van der Waals surface area (Å²) in [5.41, 5.74) is 5.46. The minimum atomic E-state index is -0.372. The Morgan fingerprint density at radius 2 is 2.00 bits per heavy atom. The quantitative estimate of drug-likeness (QED) is 0.364. The lowest BCUT2D eigenvalue weighted by Crippen LogP contribution is -2.24. The van der Waals surface area contributed by atoms with Crippen molar-refractivity contribution in [1.29, 1.82) is 0 Å². The molecular formula is C19H18N6O2S. The molecule has 3 heterocycles. The zero-order valence-corrected chi connectivity index (χ0v) is 16.4. The van der Waals surface area contributed by atoms with Crippen molar-refractivity contribution in [2.24, 2.45) is 5.10 Å². The number of hydrogen-bond acceptors (Lipinski definition) is 6. The largest absolute Gasteiger partial charge is 0.337 e. The van der Waals surface area contributed by atoms with Gasteiger partial charge in [0.05, 0.1) is 22.8 Å². The van der Waals surface area contributed by atoms with E-state index in [0.717, 1.165) is 21.5 Å². The van der Waals surface area contributed by atoms with Gasteiger partial charge in [-0.2, -0.15) is 5.10 Å². The van der Waals surface area contributed by atoms with Gasteiger partial charge in [0, 0.05) is 4.88 Å². The summed E-state index contributed by atoms with van der Waals surface area (Å²) in [6, 6.07) is 7.64. The molecule has 3 N–H and O–H groups in total. The molecule has 8 nitrogen and oxygen atoms in total. The molecule has 0 saturated heterocycles. The smallest absolute Gasteiger partial charge is 0.259 e. The van der Waals surface area contributed by atoms with E-state index in [1.54, 1.807) is 6.92 Å². The van der Waals surface area contributed by atoms with E-state index in [1.165, 1.54) is 11.3 Å². The molecule has 0 aliphatic carbocycles. The number of amides is 1. The maximum atomic E-state index is 12.3. The number of rotatable bonds is 4. The zero-order valence-electron chi connectivity index (χ0n) is 15.6. The molecule has 0 radical (unpaired) electrons. The molecular weight excluding hydrogens is 376 g/mol. The van der Waals surface area contributed by atoms with E-state index in [0.29, 0.717) is 27.6 Å². The first kappa shape index (κ1) is 18.1. The number of aromatic amines is 2. The molecule has 0 atom stereocenters. The second-order valence-electron chi connectivity index (χ2n) is 6.49. The highest BCUT2D eigenvalue weighted by Gasteiger charge is 2.14. The Morgan fingerprint density at radius 1 is 1.21 bits per heavy atom. The van der Waals surface area contributed by atoms with Crippen LogP contribution in [0.4, 0.5) is 0 Å². The predicted molar refractivity (Wildman–Crippen MR) is 110 cm³/mol. The number of hydrazone groups is 1. The van der Waals surface area contributed by atoms with Crippen molar-refractivity contribution in [2.75, 3.05) is 0 Å². The minimum Gasteiger partial charge on any atom is -0.337 e. The molecule has 0 bridgehead atoms. The first-order valence-corrected chi connectivity index (χ1v) is 9.51. The number of imidazole rings is 1. The number of H-pyrrole nitrogens is 2. The molecule has 0 fully saturated rings. The SMILES string of the molecule is C/C(=N\NC(=O)Cc1nc2sc(C)c(C)c2c(=O)[nH]1)c1nc2ccccc2[nH]1. The molecule has 0 aliphatic heterocycles. The van der Waals surface area contributed by atoms with Gasteiger partial charge in [0.2, 0.25) is 5.91 Å². The summed E-state index contributed by atoms with van der Waals surface area (Å²) >= 11 is 1.45. The average Bonchev–Trinajstić information content (AvgIpc) is 3.21. The molecule has 0 spiro atoms. The third kappa shape index (κ3) is 3.31. The van der Waals surface area contributed by atoms with Crippen LogP contribution in [0, 0.1) is 13.8 Å². The van der Waals surface area contributed by atoms with Crippen molar-refractivity contribution in [3.8, 4) is 0 Å². The fourth-order valence-electron chi connectivity index (χ4n) is 2.90. The summed E-state index contributed by atoms with van der Waals surface area (Å²) in [6.07, 6.45) is -0.0713. The van der Waals surface area contributed by atoms with Crippen LogP contribution in [0.1, 0.15) is 29.0 Å². The van der Waals surface area contributed by atoms with Crippen LogP contribution in [0.3, 0.4) is 0 Å². The second-order valence-corrected chi connectivity index (χ2v) is 7.69. The molecule has 9 heteroatoms. The summed E-state index contributed by atoms with van der Waals surface area (Å²) in [4.78, 5) is 40.9. The number of fused-ring (bicyclic) bond motifs is 2. The summed E-state index contributed by atoms with van der Waals surface area (Å²) < 4.78 is 0. The highest BCUT2D eigenvalue weighted by Crippen LogP contribution is 2.25. The fraction of sp³-hybridized carbons (Fsp3) is 0.211. The van der Waals surface area contributed by atoms with Gasteiger partial charge in [-0.3, -0.25) is 9.59 Å². The number of hydrogen-bond donors (Lipinski definition) is 3. The molecule has 4 aromatic rings. The van der Waals surface area contributed by atoms with Gasteiger partial charge >= 0.3 is 0 Å². The van der Waals surface area contributed by atoms with Crippen LogP contribution in [0.25, 0.3) is 21.3 Å². The van der Waals surface area contributed by atoms with E-state index in [1.807, 2.05) is 38.1 Å². The first-order valence-electron chi connectivity index (χ1n) is 8.69. The molecule has 4 rings (SSSR count). The van der Waals surface area contributed by atoms with Crippen LogP contribution < -0.4 is 11.0 Å². The lowest BCUT2D eigenvalue weighted by Gasteiger charge is -2.02. The predicted octanol–water partition coefficient (Wildman–Crippen LogP) is 2.56. The number of nitrogens with one attached hydrogen (secondary N) is 3. The van der Waals surface area contributed by atoms with Gasteiger partial charge in [0.15, 0.2) is 5.82 Å². The first-order chi connectivity index (χ1) is 13.4. The Bertz CT molecular complexity index is 1260. The van der Waals surface area contributed by atoms with E-state index < -0.39 is 0 Å². The number of carbonyl (C=O) groups is 1. The number of carbonyl (C=O) groups excluding carboxylic acids is 1. The summed E-state index contributed by atoms with van der Waals surface area (Å²) in [5.74, 6) is 0.523. The van der Waals surface area contributed by atoms with Gasteiger partial charge < -0.3 is 9.97 Å². The number of aryl methyl sites for hydroxylation is 2. The Morgan fingerprint density at radius 3 is 2.79 bits per heavy atom. The monoisotopic (exact) mass is 394 g/mol. The van der Waals surface area contributed by atoms with Gasteiger partial charge in [-0.05, 0) is 38.5 Å². The van der Waals surface area contributed by atoms with Crippen LogP contribution in [-0.2, 0) is 11.2 Å². The molecule has 1 amide bonds. The third-order valence-electron chi connectivity index (χ3n) is 4.50. The molecule has 28 heavy (non-hydrogen) atoms. The van der Waals surface area contributed by atoms with E-state index in [2.05, 4.69) is 30.5 Å². The number of thiophene rings is 1. The molecule has 1 aromatic carbocycles. The molecule has 142 valence electrons. The van der Waals surface area contributed by atoms with Crippen LogP contribution in [0.15, 0.2) is 34.2 Å².